The fourth-order valence-corrected chi connectivity index (χ4v) is 3.32. The molecule has 23 heavy (non-hydrogen) atoms. The summed E-state index contributed by atoms with van der Waals surface area (Å²) in [6.07, 6.45) is 4.00. The van der Waals surface area contributed by atoms with Crippen LogP contribution < -0.4 is 4.73 Å². The molecular formula is C15H18N4O3S. The number of aryl methyl sites for hydroxylation is 2. The molecule has 2 rings (SSSR count). The van der Waals surface area contributed by atoms with E-state index in [1.54, 1.807) is 20.0 Å². The second kappa shape index (κ2) is 5.96. The van der Waals surface area contributed by atoms with Gasteiger partial charge in [0.05, 0.1) is 23.9 Å². The fraction of sp³-hybridized carbons (Fsp3) is 0.267. The molecule has 0 spiro atoms. The largest absolute Gasteiger partial charge is 0.711 e. The number of fused-ring (bicyclic) bond motifs is 1. The number of aromatic nitrogens is 3. The number of sulfone groups is 1. The maximum Gasteiger partial charge on any atom is 0.312 e. The van der Waals surface area contributed by atoms with Crippen molar-refractivity contribution in [1.82, 2.24) is 9.55 Å². The molecule has 0 aliphatic carbocycles. The third-order valence-corrected chi connectivity index (χ3v) is 5.21. The molecule has 2 heterocycles. The minimum Gasteiger partial charge on any atom is -0.711 e. The number of nitrogens with one attached hydrogen (secondary N) is 1. The van der Waals surface area contributed by atoms with Gasteiger partial charge in [0.2, 0.25) is 5.82 Å². The van der Waals surface area contributed by atoms with Crippen LogP contribution in [0.4, 0.5) is 0 Å². The predicted molar refractivity (Wildman–Crippen MR) is 89.0 cm³/mol. The summed E-state index contributed by atoms with van der Waals surface area (Å²) in [5.41, 5.74) is 1.14. The van der Waals surface area contributed by atoms with Gasteiger partial charge in [-0.3, -0.25) is 5.41 Å². The van der Waals surface area contributed by atoms with Gasteiger partial charge in [-0.15, -0.1) is 0 Å². The first kappa shape index (κ1) is 16.9. The lowest BCUT2D eigenvalue weighted by molar-refractivity contribution is -0.580. The van der Waals surface area contributed by atoms with E-state index in [0.29, 0.717) is 10.2 Å². The van der Waals surface area contributed by atoms with Gasteiger partial charge in [0.15, 0.2) is 15.4 Å². The van der Waals surface area contributed by atoms with Crippen LogP contribution in [0.1, 0.15) is 18.3 Å². The Hall–Kier alpha value is -2.48. The molecule has 0 atom stereocenters. The van der Waals surface area contributed by atoms with E-state index in [1.807, 2.05) is 0 Å². The van der Waals surface area contributed by atoms with Crippen molar-refractivity contribution in [3.05, 3.63) is 52.5 Å². The van der Waals surface area contributed by atoms with Gasteiger partial charge in [0.1, 0.15) is 5.71 Å². The summed E-state index contributed by atoms with van der Waals surface area (Å²) >= 11 is 0. The number of pyridine rings is 1. The minimum absolute atomic E-state index is 0.111. The van der Waals surface area contributed by atoms with Crippen LogP contribution >= 0.6 is 0 Å². The van der Waals surface area contributed by atoms with Gasteiger partial charge in [-0.05, 0) is 24.6 Å². The highest BCUT2D eigenvalue weighted by molar-refractivity contribution is 7.96. The molecule has 2 aromatic rings. The van der Waals surface area contributed by atoms with Crippen molar-refractivity contribution in [2.45, 2.75) is 13.8 Å². The highest BCUT2D eigenvalue weighted by Crippen LogP contribution is 2.18. The van der Waals surface area contributed by atoms with Gasteiger partial charge in [0.25, 0.3) is 0 Å². The van der Waals surface area contributed by atoms with E-state index < -0.39 is 9.84 Å². The van der Waals surface area contributed by atoms with Gasteiger partial charge in [0, 0.05) is 0 Å². The second-order valence-corrected chi connectivity index (χ2v) is 7.34. The van der Waals surface area contributed by atoms with Gasteiger partial charge in [-0.2, -0.15) is 4.98 Å². The Morgan fingerprint density at radius 1 is 1.57 bits per heavy atom. The lowest BCUT2D eigenvalue weighted by Gasteiger charge is -2.07. The summed E-state index contributed by atoms with van der Waals surface area (Å²) < 4.78 is 26.5. The molecule has 0 aliphatic rings. The second-order valence-electron chi connectivity index (χ2n) is 5.09. The number of allylic oxidation sites excluding steroid dienone is 3. The van der Waals surface area contributed by atoms with Crippen molar-refractivity contribution < 1.29 is 13.1 Å². The molecule has 0 amide bonds. The zero-order chi connectivity index (χ0) is 17.4. The van der Waals surface area contributed by atoms with Crippen molar-refractivity contribution in [2.75, 3.05) is 5.75 Å². The molecule has 0 unspecified atom stereocenters. The smallest absolute Gasteiger partial charge is 0.312 e. The van der Waals surface area contributed by atoms with Crippen LogP contribution in [0.2, 0.25) is 0 Å². The van der Waals surface area contributed by atoms with Gasteiger partial charge >= 0.3 is 5.65 Å². The molecule has 0 radical (unpaired) electrons. The van der Waals surface area contributed by atoms with Gasteiger partial charge in [-0.1, -0.05) is 19.6 Å². The van der Waals surface area contributed by atoms with E-state index >= 15 is 0 Å². The Balaban J connectivity index is 2.71. The molecule has 8 heteroatoms. The SMILES string of the molecule is C=C/C=C(\C(=N)c1nc2cc(C)c[n+]([O-])c2n1C)S(=O)(=O)CC. The zero-order valence-electron chi connectivity index (χ0n) is 13.2. The number of hydrogen-bond acceptors (Lipinski definition) is 5. The summed E-state index contributed by atoms with van der Waals surface area (Å²) in [5.74, 6) is -0.0278. The van der Waals surface area contributed by atoms with Crippen LogP contribution in [-0.2, 0) is 16.9 Å². The van der Waals surface area contributed by atoms with Crippen LogP contribution in [0.15, 0.2) is 35.9 Å². The molecule has 0 bridgehead atoms. The third-order valence-electron chi connectivity index (χ3n) is 3.44. The molecule has 7 nitrogen and oxygen atoms in total. The molecule has 0 saturated carbocycles. The summed E-state index contributed by atoms with van der Waals surface area (Å²) in [6, 6.07) is 1.71. The average molecular weight is 334 g/mol. The maximum absolute atomic E-state index is 12.2. The van der Waals surface area contributed by atoms with Crippen LogP contribution in [0.3, 0.4) is 0 Å². The third kappa shape index (κ3) is 2.89. The summed E-state index contributed by atoms with van der Waals surface area (Å²) in [5, 5.41) is 20.3. The zero-order valence-corrected chi connectivity index (χ0v) is 14.0. The topological polar surface area (TPSA) is 103 Å². The number of imidazole rings is 1. The van der Waals surface area contributed by atoms with E-state index in [2.05, 4.69) is 11.6 Å². The molecular weight excluding hydrogens is 316 g/mol. The predicted octanol–water partition coefficient (Wildman–Crippen LogP) is 1.39. The van der Waals surface area contributed by atoms with Crippen molar-refractivity contribution in [3.63, 3.8) is 0 Å². The minimum atomic E-state index is -3.62. The Morgan fingerprint density at radius 3 is 2.78 bits per heavy atom. The van der Waals surface area contributed by atoms with Crippen molar-refractivity contribution >= 4 is 26.7 Å². The first-order valence-electron chi connectivity index (χ1n) is 6.94. The van der Waals surface area contributed by atoms with Crippen LogP contribution in [0.25, 0.3) is 11.2 Å². The van der Waals surface area contributed by atoms with Gasteiger partial charge in [-0.25, -0.2) is 17.7 Å². The molecule has 0 aromatic carbocycles. The van der Waals surface area contributed by atoms with Gasteiger partial charge < -0.3 is 5.21 Å². The molecule has 0 fully saturated rings. The molecule has 0 aliphatic heterocycles. The maximum atomic E-state index is 12.2. The highest BCUT2D eigenvalue weighted by atomic mass is 32.2. The highest BCUT2D eigenvalue weighted by Gasteiger charge is 2.28. The van der Waals surface area contributed by atoms with Crippen molar-refractivity contribution in [1.29, 1.82) is 5.41 Å². The van der Waals surface area contributed by atoms with E-state index in [4.69, 9.17) is 5.41 Å². The first-order chi connectivity index (χ1) is 10.7. The Kier molecular flexibility index (Phi) is 4.37. The lowest BCUT2D eigenvalue weighted by atomic mass is 10.3. The van der Waals surface area contributed by atoms with Crippen LogP contribution in [0, 0.1) is 17.5 Å². The van der Waals surface area contributed by atoms with E-state index in [9.17, 15) is 13.6 Å². The standard InChI is InChI=1S/C15H18N4O3S/c1-5-7-12(23(21,22)6-2)13(16)14-17-11-8-10(3)9-19(20)15(11)18(14)4/h5,7-9,16H,1,6H2,2-4H3/b12-7+,16-13?. The summed E-state index contributed by atoms with van der Waals surface area (Å²) in [4.78, 5) is 4.10. The molecule has 2 aromatic heterocycles. The van der Waals surface area contributed by atoms with E-state index in [0.717, 1.165) is 5.56 Å². The first-order valence-corrected chi connectivity index (χ1v) is 8.59. The van der Waals surface area contributed by atoms with E-state index in [-0.39, 0.29) is 27.8 Å². The van der Waals surface area contributed by atoms with Crippen LogP contribution in [-0.4, -0.2) is 29.4 Å². The van der Waals surface area contributed by atoms with Crippen molar-refractivity contribution in [3.8, 4) is 0 Å². The normalized spacial score (nSPS) is 12.6. The summed E-state index contributed by atoms with van der Waals surface area (Å²) in [6.45, 7) is 6.76. The quantitative estimate of drug-likeness (QED) is 0.386. The lowest BCUT2D eigenvalue weighted by Crippen LogP contribution is -2.29. The van der Waals surface area contributed by atoms with Crippen molar-refractivity contribution in [2.24, 2.45) is 7.05 Å². The molecule has 122 valence electrons. The monoisotopic (exact) mass is 334 g/mol. The number of rotatable bonds is 5. The van der Waals surface area contributed by atoms with Crippen LogP contribution in [0.5, 0.6) is 0 Å². The average Bonchev–Trinajstić information content (AvgIpc) is 2.80. The molecule has 0 saturated heterocycles. The Bertz CT molecular complexity index is 939. The Morgan fingerprint density at radius 2 is 2.22 bits per heavy atom. The van der Waals surface area contributed by atoms with E-state index in [1.165, 1.54) is 29.8 Å². The number of nitrogens with zero attached hydrogens (tertiary/aromatic N) is 3. The number of hydrogen-bond donors (Lipinski definition) is 1. The summed E-state index contributed by atoms with van der Waals surface area (Å²) in [7, 11) is -2.04. The molecule has 1 N–H and O–H groups in total. The fourth-order valence-electron chi connectivity index (χ4n) is 2.31. The Labute approximate surface area is 134 Å².